The summed E-state index contributed by atoms with van der Waals surface area (Å²) < 4.78 is 16.0. The predicted molar refractivity (Wildman–Crippen MR) is 98.9 cm³/mol. The number of rotatable bonds is 5. The van der Waals surface area contributed by atoms with Crippen LogP contribution in [-0.2, 0) is 13.6 Å². The zero-order valence-electron chi connectivity index (χ0n) is 15.4. The molecule has 0 unspecified atom stereocenters. The van der Waals surface area contributed by atoms with E-state index in [4.69, 9.17) is 0 Å². The molecule has 7 nitrogen and oxygen atoms in total. The molecule has 8 heteroatoms. The molecule has 0 aliphatic rings. The van der Waals surface area contributed by atoms with Crippen LogP contribution in [-0.4, -0.2) is 31.8 Å². The van der Waals surface area contributed by atoms with Gasteiger partial charge < -0.3 is 5.32 Å². The van der Waals surface area contributed by atoms with Crippen molar-refractivity contribution in [2.24, 2.45) is 7.05 Å². The minimum atomic E-state index is -0.330. The van der Waals surface area contributed by atoms with Crippen LogP contribution >= 0.6 is 0 Å². The highest BCUT2D eigenvalue weighted by Gasteiger charge is 2.14. The smallest absolute Gasteiger partial charge is 0.269 e. The summed E-state index contributed by atoms with van der Waals surface area (Å²) in [4.78, 5) is 28.7. The van der Waals surface area contributed by atoms with Gasteiger partial charge in [0.1, 0.15) is 11.5 Å². The van der Waals surface area contributed by atoms with Gasteiger partial charge in [-0.1, -0.05) is 0 Å². The average molecular weight is 369 g/mol. The number of benzene rings is 1. The standard InChI is InChI=1S/C19H20FN5O2/c1-12-13(2)22-11-25(19(12)27)9-8-21-18(26)17-10-16(23-24(17)3)14-4-6-15(20)7-5-14/h4-7,10-11H,8-9H2,1-3H3,(H,21,26). The Morgan fingerprint density at radius 3 is 2.63 bits per heavy atom. The molecular weight excluding hydrogens is 349 g/mol. The summed E-state index contributed by atoms with van der Waals surface area (Å²) in [5, 5.41) is 7.08. The van der Waals surface area contributed by atoms with Crippen LogP contribution in [0.25, 0.3) is 11.3 Å². The molecule has 0 spiro atoms. The third-order valence-electron chi connectivity index (χ3n) is 4.41. The summed E-state index contributed by atoms with van der Waals surface area (Å²) in [6, 6.07) is 7.56. The Morgan fingerprint density at radius 1 is 1.22 bits per heavy atom. The first-order valence-electron chi connectivity index (χ1n) is 8.47. The topological polar surface area (TPSA) is 81.8 Å². The van der Waals surface area contributed by atoms with E-state index in [9.17, 15) is 14.0 Å². The third kappa shape index (κ3) is 3.94. The molecule has 0 radical (unpaired) electrons. The Bertz CT molecular complexity index is 1040. The zero-order valence-corrected chi connectivity index (χ0v) is 15.4. The van der Waals surface area contributed by atoms with Crippen molar-refractivity contribution in [3.05, 3.63) is 69.8 Å². The van der Waals surface area contributed by atoms with Gasteiger partial charge in [-0.3, -0.25) is 18.8 Å². The third-order valence-corrected chi connectivity index (χ3v) is 4.41. The van der Waals surface area contributed by atoms with Crippen molar-refractivity contribution >= 4 is 5.91 Å². The van der Waals surface area contributed by atoms with Gasteiger partial charge in [0.25, 0.3) is 11.5 Å². The second kappa shape index (κ2) is 7.53. The quantitative estimate of drug-likeness (QED) is 0.744. The fourth-order valence-electron chi connectivity index (χ4n) is 2.66. The minimum absolute atomic E-state index is 0.115. The number of carbonyl (C=O) groups is 1. The van der Waals surface area contributed by atoms with Crippen LogP contribution < -0.4 is 10.9 Å². The average Bonchev–Trinajstić information content (AvgIpc) is 3.04. The van der Waals surface area contributed by atoms with Gasteiger partial charge in [-0.15, -0.1) is 0 Å². The molecule has 1 amide bonds. The number of aryl methyl sites for hydroxylation is 2. The van der Waals surface area contributed by atoms with Crippen LogP contribution in [0.5, 0.6) is 0 Å². The Balaban J connectivity index is 1.67. The Kier molecular flexibility index (Phi) is 5.16. The summed E-state index contributed by atoms with van der Waals surface area (Å²) in [7, 11) is 1.67. The van der Waals surface area contributed by atoms with Gasteiger partial charge in [-0.25, -0.2) is 9.37 Å². The molecule has 0 bridgehead atoms. The molecule has 3 rings (SSSR count). The normalized spacial score (nSPS) is 10.8. The van der Waals surface area contributed by atoms with Gasteiger partial charge in [-0.2, -0.15) is 5.10 Å². The fraction of sp³-hybridized carbons (Fsp3) is 0.263. The van der Waals surface area contributed by atoms with Crippen LogP contribution in [0.3, 0.4) is 0 Å². The van der Waals surface area contributed by atoms with E-state index in [1.807, 2.05) is 0 Å². The minimum Gasteiger partial charge on any atom is -0.349 e. The van der Waals surface area contributed by atoms with Crippen molar-refractivity contribution in [2.75, 3.05) is 6.54 Å². The van der Waals surface area contributed by atoms with Crippen LogP contribution in [0.15, 0.2) is 41.5 Å². The van der Waals surface area contributed by atoms with Crippen LogP contribution in [0.2, 0.25) is 0 Å². The van der Waals surface area contributed by atoms with Crippen LogP contribution in [0.1, 0.15) is 21.7 Å². The Labute approximate surface area is 155 Å². The lowest BCUT2D eigenvalue weighted by atomic mass is 10.1. The van der Waals surface area contributed by atoms with E-state index in [0.29, 0.717) is 29.2 Å². The first-order valence-corrected chi connectivity index (χ1v) is 8.47. The maximum atomic E-state index is 13.1. The van der Waals surface area contributed by atoms with Crippen molar-refractivity contribution in [1.29, 1.82) is 0 Å². The van der Waals surface area contributed by atoms with E-state index in [1.54, 1.807) is 39.1 Å². The van der Waals surface area contributed by atoms with E-state index in [2.05, 4.69) is 15.4 Å². The SMILES string of the molecule is Cc1ncn(CCNC(=O)c2cc(-c3ccc(F)cc3)nn2C)c(=O)c1C. The second-order valence-electron chi connectivity index (χ2n) is 6.25. The van der Waals surface area contributed by atoms with Crippen LogP contribution in [0, 0.1) is 19.7 Å². The first-order chi connectivity index (χ1) is 12.9. The number of nitrogens with one attached hydrogen (secondary N) is 1. The highest BCUT2D eigenvalue weighted by atomic mass is 19.1. The predicted octanol–water partition coefficient (Wildman–Crippen LogP) is 1.83. The molecule has 0 aliphatic heterocycles. The fourth-order valence-corrected chi connectivity index (χ4v) is 2.66. The number of hydrogen-bond donors (Lipinski definition) is 1. The number of aromatic nitrogens is 4. The van der Waals surface area contributed by atoms with Gasteiger partial charge in [0, 0.05) is 37.0 Å². The van der Waals surface area contributed by atoms with E-state index in [1.165, 1.54) is 27.7 Å². The lowest BCUT2D eigenvalue weighted by Gasteiger charge is -2.09. The molecule has 2 aromatic heterocycles. The second-order valence-corrected chi connectivity index (χ2v) is 6.25. The highest BCUT2D eigenvalue weighted by molar-refractivity contribution is 5.93. The van der Waals surface area contributed by atoms with Gasteiger partial charge in [-0.05, 0) is 44.2 Å². The molecule has 1 N–H and O–H groups in total. The monoisotopic (exact) mass is 369 g/mol. The largest absolute Gasteiger partial charge is 0.349 e. The molecule has 1 aromatic carbocycles. The molecule has 3 aromatic rings. The lowest BCUT2D eigenvalue weighted by Crippen LogP contribution is -2.32. The molecule has 0 saturated heterocycles. The molecule has 0 aliphatic carbocycles. The van der Waals surface area contributed by atoms with Crippen molar-refractivity contribution in [3.8, 4) is 11.3 Å². The van der Waals surface area contributed by atoms with E-state index < -0.39 is 0 Å². The summed E-state index contributed by atoms with van der Waals surface area (Å²) in [5.74, 6) is -0.632. The van der Waals surface area contributed by atoms with E-state index >= 15 is 0 Å². The van der Waals surface area contributed by atoms with E-state index in [0.717, 1.165) is 5.56 Å². The summed E-state index contributed by atoms with van der Waals surface area (Å²) in [6.07, 6.45) is 1.48. The summed E-state index contributed by atoms with van der Waals surface area (Å²) >= 11 is 0. The van der Waals surface area contributed by atoms with Crippen LogP contribution in [0.4, 0.5) is 4.39 Å². The van der Waals surface area contributed by atoms with Crippen molar-refractivity contribution < 1.29 is 9.18 Å². The van der Waals surface area contributed by atoms with E-state index in [-0.39, 0.29) is 23.8 Å². The maximum absolute atomic E-state index is 13.1. The van der Waals surface area contributed by atoms with Crippen molar-refractivity contribution in [1.82, 2.24) is 24.6 Å². The summed E-state index contributed by atoms with van der Waals surface area (Å²) in [5.41, 5.74) is 2.86. The van der Waals surface area contributed by atoms with Gasteiger partial charge in [0.15, 0.2) is 0 Å². The molecule has 140 valence electrons. The zero-order chi connectivity index (χ0) is 19.6. The summed E-state index contributed by atoms with van der Waals surface area (Å²) in [6.45, 7) is 4.11. The number of carbonyl (C=O) groups excluding carboxylic acids is 1. The number of amides is 1. The number of hydrogen-bond acceptors (Lipinski definition) is 4. The molecular formula is C19H20FN5O2. The first kappa shape index (κ1) is 18.5. The highest BCUT2D eigenvalue weighted by Crippen LogP contribution is 2.19. The Morgan fingerprint density at radius 2 is 1.93 bits per heavy atom. The van der Waals surface area contributed by atoms with Crippen molar-refractivity contribution in [2.45, 2.75) is 20.4 Å². The molecule has 27 heavy (non-hydrogen) atoms. The number of nitrogens with zero attached hydrogens (tertiary/aromatic N) is 4. The van der Waals surface area contributed by atoms with Gasteiger partial charge >= 0.3 is 0 Å². The number of halogens is 1. The molecule has 0 saturated carbocycles. The molecule has 0 fully saturated rings. The van der Waals surface area contributed by atoms with Crippen molar-refractivity contribution in [3.63, 3.8) is 0 Å². The molecule has 2 heterocycles. The maximum Gasteiger partial charge on any atom is 0.269 e. The Hall–Kier alpha value is -3.29. The lowest BCUT2D eigenvalue weighted by molar-refractivity contribution is 0.0942. The van der Waals surface area contributed by atoms with Gasteiger partial charge in [0.05, 0.1) is 12.0 Å². The van der Waals surface area contributed by atoms with Gasteiger partial charge in [0.2, 0.25) is 0 Å². The molecule has 0 atom stereocenters.